The van der Waals surface area contributed by atoms with E-state index in [1.807, 2.05) is 0 Å². The molecule has 7 heteroatoms. The number of carbonyl (C=O) groups is 1. The molecule has 6 heterocycles. The summed E-state index contributed by atoms with van der Waals surface area (Å²) in [5.41, 5.74) is 1.87. The number of hydrogen-bond acceptors (Lipinski definition) is 6. The Morgan fingerprint density at radius 2 is 2.07 bits per heavy atom. The first kappa shape index (κ1) is 18.6. The number of morpholine rings is 1. The smallest absolute Gasteiger partial charge is 0.270 e. The molecule has 0 saturated carbocycles. The molecular formula is C22H26N4O3. The Morgan fingerprint density at radius 3 is 2.83 bits per heavy atom. The summed E-state index contributed by atoms with van der Waals surface area (Å²) in [6, 6.07) is 2.02. The van der Waals surface area contributed by atoms with E-state index in [1.54, 1.807) is 18.5 Å². The van der Waals surface area contributed by atoms with Gasteiger partial charge in [0.05, 0.1) is 31.5 Å². The zero-order valence-corrected chi connectivity index (χ0v) is 16.5. The van der Waals surface area contributed by atoms with Crippen molar-refractivity contribution >= 4 is 16.9 Å². The fraction of sp³-hybridized carbons (Fsp3) is 0.545. The van der Waals surface area contributed by atoms with Crippen LogP contribution in [0.1, 0.15) is 28.9 Å². The summed E-state index contributed by atoms with van der Waals surface area (Å²) in [5.74, 6) is 6.88. The number of rotatable bonds is 3. The summed E-state index contributed by atoms with van der Waals surface area (Å²) in [7, 11) is 0. The molecule has 1 amide bonds. The van der Waals surface area contributed by atoms with E-state index in [-0.39, 0.29) is 11.9 Å². The molecule has 0 unspecified atom stereocenters. The highest BCUT2D eigenvalue weighted by molar-refractivity contribution is 5.97. The van der Waals surface area contributed by atoms with Gasteiger partial charge in [-0.1, -0.05) is 11.8 Å². The van der Waals surface area contributed by atoms with Crippen LogP contribution >= 0.6 is 0 Å². The van der Waals surface area contributed by atoms with Crippen LogP contribution in [0, 0.1) is 17.8 Å². The fourth-order valence-corrected chi connectivity index (χ4v) is 4.53. The predicted molar refractivity (Wildman–Crippen MR) is 109 cm³/mol. The molecule has 4 aliphatic heterocycles. The minimum Gasteiger partial charge on any atom is -0.461 e. The second-order valence-electron chi connectivity index (χ2n) is 8.12. The van der Waals surface area contributed by atoms with E-state index in [0.717, 1.165) is 56.9 Å². The Bertz CT molecular complexity index is 946. The molecule has 2 bridgehead atoms. The van der Waals surface area contributed by atoms with Crippen LogP contribution in [0.15, 0.2) is 22.9 Å². The van der Waals surface area contributed by atoms with Crippen molar-refractivity contribution in [2.75, 3.05) is 52.5 Å². The van der Waals surface area contributed by atoms with Gasteiger partial charge in [-0.05, 0) is 37.9 Å². The van der Waals surface area contributed by atoms with Gasteiger partial charge in [-0.25, -0.2) is 4.98 Å². The molecule has 0 radical (unpaired) electrons. The van der Waals surface area contributed by atoms with Gasteiger partial charge in [-0.15, -0.1) is 0 Å². The summed E-state index contributed by atoms with van der Waals surface area (Å²) in [5, 5.41) is 4.04. The fourth-order valence-electron chi connectivity index (χ4n) is 4.53. The highest BCUT2D eigenvalue weighted by Crippen LogP contribution is 2.28. The van der Waals surface area contributed by atoms with Crippen molar-refractivity contribution < 1.29 is 13.9 Å². The number of nitrogens with zero attached hydrogens (tertiary/aromatic N) is 3. The molecule has 6 rings (SSSR count). The Balaban J connectivity index is 1.29. The van der Waals surface area contributed by atoms with Crippen molar-refractivity contribution in [3.63, 3.8) is 0 Å². The summed E-state index contributed by atoms with van der Waals surface area (Å²) in [6.07, 6.45) is 5.60. The van der Waals surface area contributed by atoms with E-state index in [4.69, 9.17) is 9.15 Å². The van der Waals surface area contributed by atoms with Gasteiger partial charge in [0, 0.05) is 31.1 Å². The summed E-state index contributed by atoms with van der Waals surface area (Å²) in [4.78, 5) is 21.8. The van der Waals surface area contributed by atoms with Gasteiger partial charge in [0.25, 0.3) is 5.91 Å². The molecule has 0 aliphatic carbocycles. The minimum absolute atomic E-state index is 0.112. The molecule has 29 heavy (non-hydrogen) atoms. The maximum atomic E-state index is 12.8. The lowest BCUT2D eigenvalue weighted by Crippen LogP contribution is -2.57. The van der Waals surface area contributed by atoms with Crippen LogP contribution in [-0.2, 0) is 4.74 Å². The number of furan rings is 1. The molecule has 2 aromatic heterocycles. The Kier molecular flexibility index (Phi) is 5.23. The standard InChI is InChI=1S/C22H26N4O3/c27-22(24-20-14-26-6-3-16(20)4-7-26)19-12-18-17(15-29-21(18)13-23-19)2-1-5-25-8-10-28-11-9-25/h12-13,15-16,20H,3-11,14H2,(H,24,27)/t20-/m0/s1. The number of fused-ring (bicyclic) bond motifs is 4. The molecule has 4 saturated heterocycles. The van der Waals surface area contributed by atoms with Crippen LogP contribution < -0.4 is 5.32 Å². The van der Waals surface area contributed by atoms with Crippen molar-refractivity contribution in [1.82, 2.24) is 20.1 Å². The van der Waals surface area contributed by atoms with E-state index in [1.165, 1.54) is 12.8 Å². The minimum atomic E-state index is -0.112. The quantitative estimate of drug-likeness (QED) is 0.793. The van der Waals surface area contributed by atoms with E-state index < -0.39 is 0 Å². The normalized spacial score (nSPS) is 26.8. The summed E-state index contributed by atoms with van der Waals surface area (Å²) >= 11 is 0. The molecule has 1 N–H and O–H groups in total. The van der Waals surface area contributed by atoms with Crippen LogP contribution in [0.5, 0.6) is 0 Å². The monoisotopic (exact) mass is 394 g/mol. The predicted octanol–water partition coefficient (Wildman–Crippen LogP) is 1.34. The molecule has 0 aromatic carbocycles. The lowest BCUT2D eigenvalue weighted by Gasteiger charge is -2.44. The van der Waals surface area contributed by atoms with Gasteiger partial charge in [-0.2, -0.15) is 0 Å². The Morgan fingerprint density at radius 1 is 1.24 bits per heavy atom. The van der Waals surface area contributed by atoms with Crippen molar-refractivity contribution in [2.24, 2.45) is 5.92 Å². The first-order valence-electron chi connectivity index (χ1n) is 10.5. The van der Waals surface area contributed by atoms with Gasteiger partial charge >= 0.3 is 0 Å². The van der Waals surface area contributed by atoms with Crippen LogP contribution in [0.3, 0.4) is 0 Å². The molecule has 1 atom stereocenters. The molecule has 152 valence electrons. The lowest BCUT2D eigenvalue weighted by atomic mass is 9.84. The van der Waals surface area contributed by atoms with E-state index >= 15 is 0 Å². The Labute approximate surface area is 170 Å². The van der Waals surface area contributed by atoms with Gasteiger partial charge in [0.1, 0.15) is 12.0 Å². The van der Waals surface area contributed by atoms with Crippen LogP contribution in [-0.4, -0.2) is 79.2 Å². The highest BCUT2D eigenvalue weighted by Gasteiger charge is 2.35. The third-order valence-corrected chi connectivity index (χ3v) is 6.30. The lowest BCUT2D eigenvalue weighted by molar-refractivity contribution is 0.0443. The number of aromatic nitrogens is 1. The van der Waals surface area contributed by atoms with Crippen molar-refractivity contribution in [1.29, 1.82) is 0 Å². The van der Waals surface area contributed by atoms with Crippen LogP contribution in [0.2, 0.25) is 0 Å². The summed E-state index contributed by atoms with van der Waals surface area (Å²) in [6.45, 7) is 7.31. The van der Waals surface area contributed by atoms with Crippen molar-refractivity contribution in [2.45, 2.75) is 18.9 Å². The molecule has 4 aliphatic rings. The topological polar surface area (TPSA) is 70.8 Å². The number of amides is 1. The zero-order chi connectivity index (χ0) is 19.6. The third-order valence-electron chi connectivity index (χ3n) is 6.30. The highest BCUT2D eigenvalue weighted by atomic mass is 16.5. The third kappa shape index (κ3) is 4.01. The number of hydrogen-bond donors (Lipinski definition) is 1. The number of piperidine rings is 3. The van der Waals surface area contributed by atoms with Crippen LogP contribution in [0.4, 0.5) is 0 Å². The molecular weight excluding hydrogens is 368 g/mol. The first-order chi connectivity index (χ1) is 14.3. The number of ether oxygens (including phenoxy) is 1. The largest absolute Gasteiger partial charge is 0.461 e. The molecule has 2 aromatic rings. The maximum absolute atomic E-state index is 12.8. The second-order valence-corrected chi connectivity index (χ2v) is 8.12. The molecule has 7 nitrogen and oxygen atoms in total. The number of nitrogens with one attached hydrogen (secondary N) is 1. The van der Waals surface area contributed by atoms with E-state index in [9.17, 15) is 4.79 Å². The zero-order valence-electron chi connectivity index (χ0n) is 16.5. The Hall–Kier alpha value is -2.40. The number of carbonyl (C=O) groups excluding carboxylic acids is 1. The average molecular weight is 394 g/mol. The summed E-state index contributed by atoms with van der Waals surface area (Å²) < 4.78 is 10.9. The van der Waals surface area contributed by atoms with Crippen molar-refractivity contribution in [3.05, 3.63) is 29.8 Å². The number of pyridine rings is 1. The van der Waals surface area contributed by atoms with Gasteiger partial charge < -0.3 is 19.4 Å². The average Bonchev–Trinajstić information content (AvgIpc) is 3.18. The van der Waals surface area contributed by atoms with Gasteiger partial charge in [0.15, 0.2) is 5.58 Å². The maximum Gasteiger partial charge on any atom is 0.270 e. The molecule has 4 fully saturated rings. The SMILES string of the molecule is O=C(N[C@H]1CN2CCC1CC2)c1cc2c(C#CCN3CCOCC3)coc2cn1. The van der Waals surface area contributed by atoms with Crippen LogP contribution in [0.25, 0.3) is 11.0 Å². The first-order valence-corrected chi connectivity index (χ1v) is 10.5. The van der Waals surface area contributed by atoms with Gasteiger partial charge in [0.2, 0.25) is 0 Å². The van der Waals surface area contributed by atoms with Gasteiger partial charge in [-0.3, -0.25) is 9.69 Å². The van der Waals surface area contributed by atoms with E-state index in [0.29, 0.717) is 23.7 Å². The van der Waals surface area contributed by atoms with Crippen molar-refractivity contribution in [3.8, 4) is 11.8 Å². The molecule has 0 spiro atoms. The van der Waals surface area contributed by atoms with E-state index in [2.05, 4.69) is 31.9 Å². The second kappa shape index (κ2) is 8.15.